The van der Waals surface area contributed by atoms with Crippen LogP contribution in [0.15, 0.2) is 33.6 Å². The molecule has 5 heteroatoms. The number of nitrogens with one attached hydrogen (secondary N) is 1. The summed E-state index contributed by atoms with van der Waals surface area (Å²) in [4.78, 5) is 0.367. The number of sulfonamides is 1. The zero-order valence-corrected chi connectivity index (χ0v) is 16.1. The Bertz CT molecular complexity index is 725. The van der Waals surface area contributed by atoms with E-state index in [-0.39, 0.29) is 5.54 Å². The van der Waals surface area contributed by atoms with Crippen LogP contribution in [0.4, 0.5) is 0 Å². The average molecular weight is 398 g/mol. The van der Waals surface area contributed by atoms with Gasteiger partial charge in [0.05, 0.1) is 4.90 Å². The molecule has 0 saturated heterocycles. The molecule has 4 aliphatic rings. The highest BCUT2D eigenvalue weighted by Gasteiger charge is 2.61. The molecule has 4 saturated carbocycles. The van der Waals surface area contributed by atoms with Gasteiger partial charge in [0.25, 0.3) is 0 Å². The second-order valence-corrected chi connectivity index (χ2v) is 11.6. The zero-order valence-electron chi connectivity index (χ0n) is 13.7. The lowest BCUT2D eigenvalue weighted by Gasteiger charge is -2.65. The molecule has 0 aliphatic heterocycles. The molecule has 4 aliphatic carbocycles. The van der Waals surface area contributed by atoms with Crippen LogP contribution in [0.2, 0.25) is 0 Å². The van der Waals surface area contributed by atoms with Crippen LogP contribution < -0.4 is 4.72 Å². The molecule has 0 spiro atoms. The normalized spacial score (nSPS) is 42.1. The van der Waals surface area contributed by atoms with Gasteiger partial charge < -0.3 is 0 Å². The summed E-state index contributed by atoms with van der Waals surface area (Å²) in [6.45, 7) is 4.72. The summed E-state index contributed by atoms with van der Waals surface area (Å²) in [5.74, 6) is 0.675. The molecule has 4 bridgehead atoms. The van der Waals surface area contributed by atoms with Crippen LogP contribution in [-0.4, -0.2) is 14.0 Å². The molecule has 126 valence electrons. The van der Waals surface area contributed by atoms with Crippen molar-refractivity contribution in [1.29, 1.82) is 0 Å². The van der Waals surface area contributed by atoms with Crippen molar-refractivity contribution < 1.29 is 8.42 Å². The van der Waals surface area contributed by atoms with Crippen molar-refractivity contribution in [3.63, 3.8) is 0 Å². The molecule has 23 heavy (non-hydrogen) atoms. The Kier molecular flexibility index (Phi) is 3.38. The van der Waals surface area contributed by atoms with Gasteiger partial charge in [0, 0.05) is 10.0 Å². The minimum Gasteiger partial charge on any atom is -0.207 e. The van der Waals surface area contributed by atoms with E-state index in [9.17, 15) is 8.42 Å². The van der Waals surface area contributed by atoms with E-state index in [0.717, 1.165) is 23.7 Å². The highest BCUT2D eigenvalue weighted by Crippen LogP contribution is 2.66. The lowest BCUT2D eigenvalue weighted by Crippen LogP contribution is -2.65. The third kappa shape index (κ3) is 2.79. The fourth-order valence-corrected chi connectivity index (χ4v) is 8.19. The highest BCUT2D eigenvalue weighted by atomic mass is 79.9. The Morgan fingerprint density at radius 1 is 1.00 bits per heavy atom. The number of rotatable bonds is 3. The molecule has 0 heterocycles. The summed E-state index contributed by atoms with van der Waals surface area (Å²) < 4.78 is 29.9. The number of halogens is 1. The molecule has 3 nitrogen and oxygen atoms in total. The highest BCUT2D eigenvalue weighted by molar-refractivity contribution is 9.10. The first-order valence-electron chi connectivity index (χ1n) is 8.41. The van der Waals surface area contributed by atoms with E-state index >= 15 is 0 Å². The second-order valence-electron chi connectivity index (χ2n) is 8.97. The maximum absolute atomic E-state index is 12.9. The monoisotopic (exact) mass is 397 g/mol. The molecule has 2 atom stereocenters. The van der Waals surface area contributed by atoms with Crippen molar-refractivity contribution in [1.82, 2.24) is 4.72 Å². The summed E-state index contributed by atoms with van der Waals surface area (Å²) in [6.07, 6.45) is 6.77. The molecule has 2 unspecified atom stereocenters. The SMILES string of the molecule is CC12CC3CC(C)(C1)CC(NS(=O)(=O)c1ccc(Br)cc1)(C3)C2. The molecule has 0 amide bonds. The third-order valence-electron chi connectivity index (χ3n) is 6.10. The van der Waals surface area contributed by atoms with Gasteiger partial charge in [-0.15, -0.1) is 0 Å². The zero-order chi connectivity index (χ0) is 16.5. The maximum Gasteiger partial charge on any atom is 0.241 e. The summed E-state index contributed by atoms with van der Waals surface area (Å²) >= 11 is 3.36. The van der Waals surface area contributed by atoms with Crippen LogP contribution in [-0.2, 0) is 10.0 Å². The van der Waals surface area contributed by atoms with Crippen molar-refractivity contribution in [2.75, 3.05) is 0 Å². The van der Waals surface area contributed by atoms with E-state index in [4.69, 9.17) is 0 Å². The average Bonchev–Trinajstić information content (AvgIpc) is 2.33. The Hall–Kier alpha value is -0.390. The van der Waals surface area contributed by atoms with E-state index in [2.05, 4.69) is 34.5 Å². The van der Waals surface area contributed by atoms with E-state index in [1.807, 2.05) is 0 Å². The first kappa shape index (κ1) is 16.1. The number of benzene rings is 1. The molecular formula is C18H24BrNO2S. The van der Waals surface area contributed by atoms with E-state index in [1.54, 1.807) is 24.3 Å². The molecule has 5 rings (SSSR count). The Morgan fingerprint density at radius 3 is 2.09 bits per heavy atom. The Labute approximate surface area is 147 Å². The van der Waals surface area contributed by atoms with E-state index in [1.165, 1.54) is 19.3 Å². The maximum atomic E-state index is 12.9. The number of hydrogen-bond acceptors (Lipinski definition) is 2. The quantitative estimate of drug-likeness (QED) is 0.816. The summed E-state index contributed by atoms with van der Waals surface area (Å²) in [5, 5.41) is 0. The van der Waals surface area contributed by atoms with Crippen LogP contribution in [0, 0.1) is 16.7 Å². The van der Waals surface area contributed by atoms with Crippen molar-refractivity contribution >= 4 is 26.0 Å². The van der Waals surface area contributed by atoms with Crippen LogP contribution >= 0.6 is 15.9 Å². The van der Waals surface area contributed by atoms with Crippen molar-refractivity contribution in [3.8, 4) is 0 Å². The van der Waals surface area contributed by atoms with E-state index in [0.29, 0.717) is 21.6 Å². The van der Waals surface area contributed by atoms with Crippen molar-refractivity contribution in [3.05, 3.63) is 28.7 Å². The van der Waals surface area contributed by atoms with Crippen LogP contribution in [0.1, 0.15) is 52.4 Å². The van der Waals surface area contributed by atoms with Gasteiger partial charge in [0.1, 0.15) is 0 Å². The van der Waals surface area contributed by atoms with Gasteiger partial charge in [-0.05, 0) is 79.5 Å². The van der Waals surface area contributed by atoms with Gasteiger partial charge >= 0.3 is 0 Å². The molecule has 0 aromatic heterocycles. The molecule has 4 fully saturated rings. The first-order chi connectivity index (χ1) is 10.6. The Balaban J connectivity index is 1.67. The minimum absolute atomic E-state index is 0.241. The van der Waals surface area contributed by atoms with Gasteiger partial charge in [0.2, 0.25) is 10.0 Å². The van der Waals surface area contributed by atoms with Gasteiger partial charge in [-0.1, -0.05) is 29.8 Å². The summed E-state index contributed by atoms with van der Waals surface area (Å²) in [5.41, 5.74) is 0.363. The smallest absolute Gasteiger partial charge is 0.207 e. The van der Waals surface area contributed by atoms with Crippen molar-refractivity contribution in [2.24, 2.45) is 16.7 Å². The first-order valence-corrected chi connectivity index (χ1v) is 10.7. The molecular weight excluding hydrogens is 374 g/mol. The lowest BCUT2D eigenvalue weighted by atomic mass is 9.43. The third-order valence-corrected chi connectivity index (χ3v) is 8.22. The van der Waals surface area contributed by atoms with Crippen molar-refractivity contribution in [2.45, 2.75) is 62.8 Å². The second kappa shape index (κ2) is 4.83. The van der Waals surface area contributed by atoms with E-state index < -0.39 is 10.0 Å². The molecule has 1 aromatic rings. The fraction of sp³-hybridized carbons (Fsp3) is 0.667. The van der Waals surface area contributed by atoms with Gasteiger partial charge in [0.15, 0.2) is 0 Å². The van der Waals surface area contributed by atoms with Gasteiger partial charge in [-0.2, -0.15) is 0 Å². The lowest BCUT2D eigenvalue weighted by molar-refractivity contribution is -0.110. The fourth-order valence-electron chi connectivity index (χ4n) is 6.52. The minimum atomic E-state index is -3.46. The molecule has 1 N–H and O–H groups in total. The molecule has 1 aromatic carbocycles. The Morgan fingerprint density at radius 2 is 1.57 bits per heavy atom. The predicted molar refractivity (Wildman–Crippen MR) is 94.6 cm³/mol. The standard InChI is InChI=1S/C18H24BrNO2S/c1-16-7-13-8-17(2,10-16)12-18(9-13,11-16)20-23(21,22)15-5-3-14(19)4-6-15/h3-6,13,20H,7-12H2,1-2H3. The predicted octanol–water partition coefficient (Wildman–Crippen LogP) is 4.48. The molecule has 0 radical (unpaired) electrons. The van der Waals surface area contributed by atoms with Gasteiger partial charge in [-0.3, -0.25) is 0 Å². The summed E-state index contributed by atoms with van der Waals surface area (Å²) in [6, 6.07) is 6.93. The topological polar surface area (TPSA) is 46.2 Å². The van der Waals surface area contributed by atoms with Gasteiger partial charge in [-0.25, -0.2) is 13.1 Å². The van der Waals surface area contributed by atoms with Crippen LogP contribution in [0.5, 0.6) is 0 Å². The van der Waals surface area contributed by atoms with Crippen LogP contribution in [0.3, 0.4) is 0 Å². The van der Waals surface area contributed by atoms with Crippen LogP contribution in [0.25, 0.3) is 0 Å². The summed E-state index contributed by atoms with van der Waals surface area (Å²) in [7, 11) is -3.46. The largest absolute Gasteiger partial charge is 0.241 e. The number of hydrogen-bond donors (Lipinski definition) is 1.